The minimum Gasteiger partial charge on any atom is -0.298 e. The number of Topliss-reactive ketones (excluding diaryl/α,β-unsaturated/α-hetero) is 1. The van der Waals surface area contributed by atoms with E-state index in [-0.39, 0.29) is 0 Å². The molecule has 0 N–H and O–H groups in total. The van der Waals surface area contributed by atoms with Gasteiger partial charge in [-0.25, -0.2) is 0 Å². The molecule has 1 rings (SSSR count). The van der Waals surface area contributed by atoms with Gasteiger partial charge in [0.2, 0.25) is 0 Å². The molecule has 1 aromatic rings. The molecule has 0 aromatic heterocycles. The number of carbonyl (C=O) groups excluding carboxylic acids is 1. The fourth-order valence-electron chi connectivity index (χ4n) is 1.45. The quantitative estimate of drug-likeness (QED) is 0.451. The Kier molecular flexibility index (Phi) is 5.37. The molecule has 9 heteroatoms. The number of thioether (sulfide) groups is 1. The predicted octanol–water partition coefficient (Wildman–Crippen LogP) is 4.67. The van der Waals surface area contributed by atoms with E-state index in [1.165, 1.54) is 0 Å². The Labute approximate surface area is 119 Å². The van der Waals surface area contributed by atoms with Gasteiger partial charge in [-0.05, 0) is 35.5 Å². The van der Waals surface area contributed by atoms with Crippen LogP contribution in [0.2, 0.25) is 0 Å². The van der Waals surface area contributed by atoms with Gasteiger partial charge in [-0.1, -0.05) is 0 Å². The molecule has 0 aliphatic carbocycles. The smallest absolute Gasteiger partial charge is 0.298 e. The molecular formula is C11H7ClF6OS. The highest BCUT2D eigenvalue weighted by Crippen LogP contribution is 2.40. The Morgan fingerprint density at radius 1 is 1.15 bits per heavy atom. The van der Waals surface area contributed by atoms with Crippen LogP contribution in [0.3, 0.4) is 0 Å². The molecule has 1 aromatic carbocycles. The average Bonchev–Trinajstić information content (AvgIpc) is 2.25. The van der Waals surface area contributed by atoms with Crippen LogP contribution in [0.15, 0.2) is 23.1 Å². The molecule has 0 atom stereocenters. The van der Waals surface area contributed by atoms with Crippen LogP contribution in [-0.4, -0.2) is 17.2 Å². The van der Waals surface area contributed by atoms with Crippen molar-refractivity contribution in [3.63, 3.8) is 0 Å². The third-order valence-corrected chi connectivity index (χ3v) is 3.17. The molecule has 20 heavy (non-hydrogen) atoms. The van der Waals surface area contributed by atoms with Crippen molar-refractivity contribution in [1.82, 2.24) is 0 Å². The van der Waals surface area contributed by atoms with Crippen LogP contribution >= 0.6 is 23.4 Å². The Morgan fingerprint density at radius 3 is 2.20 bits per heavy atom. The Bertz CT molecular complexity index is 497. The lowest BCUT2D eigenvalue weighted by Crippen LogP contribution is -2.13. The zero-order valence-electron chi connectivity index (χ0n) is 9.61. The fraction of sp³-hybridized carbons (Fsp3) is 0.364. The number of alkyl halides is 7. The van der Waals surface area contributed by atoms with E-state index in [1.54, 1.807) is 0 Å². The van der Waals surface area contributed by atoms with E-state index in [1.807, 2.05) is 0 Å². The van der Waals surface area contributed by atoms with Crippen molar-refractivity contribution in [1.29, 1.82) is 0 Å². The van der Waals surface area contributed by atoms with E-state index in [9.17, 15) is 31.1 Å². The molecule has 0 bridgehead atoms. The summed E-state index contributed by atoms with van der Waals surface area (Å²) >= 11 is 4.66. The van der Waals surface area contributed by atoms with Crippen LogP contribution in [0.5, 0.6) is 0 Å². The average molecular weight is 337 g/mol. The van der Waals surface area contributed by atoms with Crippen LogP contribution in [-0.2, 0) is 17.4 Å². The lowest BCUT2D eigenvalue weighted by molar-refractivity contribution is -0.138. The maximum Gasteiger partial charge on any atom is 0.446 e. The van der Waals surface area contributed by atoms with E-state index in [4.69, 9.17) is 11.6 Å². The molecule has 0 fully saturated rings. The standard InChI is InChI=1S/C11H7ClF6OS/c12-5-7(19)3-6-4-8(20-11(16,17)18)1-2-9(6)10(13,14)15/h1-2,4H,3,5H2. The van der Waals surface area contributed by atoms with E-state index in [0.29, 0.717) is 12.1 Å². The Balaban J connectivity index is 3.18. The predicted molar refractivity (Wildman–Crippen MR) is 62.8 cm³/mol. The second-order valence-electron chi connectivity index (χ2n) is 3.71. The summed E-state index contributed by atoms with van der Waals surface area (Å²) < 4.78 is 74.7. The first-order valence-electron chi connectivity index (χ1n) is 5.06. The fourth-order valence-corrected chi connectivity index (χ4v) is 2.15. The SMILES string of the molecule is O=C(CCl)Cc1cc(SC(F)(F)F)ccc1C(F)(F)F. The second-order valence-corrected chi connectivity index (χ2v) is 5.12. The third kappa shape index (κ3) is 5.24. The lowest BCUT2D eigenvalue weighted by Gasteiger charge is -2.14. The van der Waals surface area contributed by atoms with E-state index in [0.717, 1.165) is 6.07 Å². The van der Waals surface area contributed by atoms with Gasteiger partial charge in [-0.3, -0.25) is 4.79 Å². The molecular weight excluding hydrogens is 330 g/mol. The number of halogens is 7. The van der Waals surface area contributed by atoms with Gasteiger partial charge in [0.1, 0.15) is 0 Å². The second kappa shape index (κ2) is 6.26. The summed E-state index contributed by atoms with van der Waals surface area (Å²) in [5, 5.41) is 0. The largest absolute Gasteiger partial charge is 0.446 e. The molecule has 0 saturated heterocycles. The van der Waals surface area contributed by atoms with Gasteiger partial charge >= 0.3 is 11.7 Å². The highest BCUT2D eigenvalue weighted by Gasteiger charge is 2.35. The summed E-state index contributed by atoms with van der Waals surface area (Å²) in [6, 6.07) is 1.96. The number of hydrogen-bond acceptors (Lipinski definition) is 2. The Morgan fingerprint density at radius 2 is 1.75 bits per heavy atom. The number of hydrogen-bond donors (Lipinski definition) is 0. The molecule has 0 unspecified atom stereocenters. The van der Waals surface area contributed by atoms with Gasteiger partial charge in [0, 0.05) is 11.3 Å². The van der Waals surface area contributed by atoms with E-state index >= 15 is 0 Å². The molecule has 0 spiro atoms. The van der Waals surface area contributed by atoms with Crippen LogP contribution in [0.4, 0.5) is 26.3 Å². The molecule has 0 aliphatic rings. The minimum atomic E-state index is -4.75. The highest BCUT2D eigenvalue weighted by molar-refractivity contribution is 8.00. The zero-order valence-corrected chi connectivity index (χ0v) is 11.2. The van der Waals surface area contributed by atoms with Gasteiger partial charge in [0.25, 0.3) is 0 Å². The number of benzene rings is 1. The van der Waals surface area contributed by atoms with Crippen molar-refractivity contribution in [3.8, 4) is 0 Å². The maximum absolute atomic E-state index is 12.7. The van der Waals surface area contributed by atoms with Crippen LogP contribution in [0.25, 0.3) is 0 Å². The molecule has 0 aliphatic heterocycles. The van der Waals surface area contributed by atoms with Crippen LogP contribution in [0, 0.1) is 0 Å². The summed E-state index contributed by atoms with van der Waals surface area (Å²) in [5.41, 5.74) is -6.27. The molecule has 0 amide bonds. The van der Waals surface area contributed by atoms with Crippen molar-refractivity contribution >= 4 is 29.1 Å². The highest BCUT2D eigenvalue weighted by atomic mass is 35.5. The van der Waals surface area contributed by atoms with Crippen molar-refractivity contribution in [2.24, 2.45) is 0 Å². The van der Waals surface area contributed by atoms with Gasteiger partial charge in [0.15, 0.2) is 5.78 Å². The zero-order chi connectivity index (χ0) is 15.6. The van der Waals surface area contributed by atoms with Crippen molar-refractivity contribution < 1.29 is 31.1 Å². The number of ketones is 1. The normalized spacial score (nSPS) is 12.6. The topological polar surface area (TPSA) is 17.1 Å². The molecule has 1 nitrogen and oxygen atoms in total. The van der Waals surface area contributed by atoms with Crippen molar-refractivity contribution in [2.45, 2.75) is 23.0 Å². The van der Waals surface area contributed by atoms with E-state index < -0.39 is 57.6 Å². The van der Waals surface area contributed by atoms with E-state index in [2.05, 4.69) is 0 Å². The van der Waals surface area contributed by atoms with Gasteiger partial charge < -0.3 is 0 Å². The summed E-state index contributed by atoms with van der Waals surface area (Å²) in [7, 11) is 0. The van der Waals surface area contributed by atoms with Gasteiger partial charge in [0.05, 0.1) is 11.4 Å². The molecule has 0 saturated carbocycles. The van der Waals surface area contributed by atoms with Crippen molar-refractivity contribution in [3.05, 3.63) is 29.3 Å². The summed E-state index contributed by atoms with van der Waals surface area (Å²) in [6.45, 7) is 0. The Hall–Kier alpha value is -0.890. The first kappa shape index (κ1) is 17.2. The monoisotopic (exact) mass is 336 g/mol. The first-order chi connectivity index (χ1) is 9.03. The lowest BCUT2D eigenvalue weighted by atomic mass is 10.0. The first-order valence-corrected chi connectivity index (χ1v) is 6.41. The number of rotatable bonds is 4. The van der Waals surface area contributed by atoms with Gasteiger partial charge in [-0.2, -0.15) is 26.3 Å². The van der Waals surface area contributed by atoms with Crippen molar-refractivity contribution in [2.75, 3.05) is 5.88 Å². The maximum atomic E-state index is 12.7. The van der Waals surface area contributed by atoms with Crippen LogP contribution < -0.4 is 0 Å². The number of carbonyl (C=O) groups is 1. The minimum absolute atomic E-state index is 0.414. The molecule has 112 valence electrons. The van der Waals surface area contributed by atoms with Gasteiger partial charge in [-0.15, -0.1) is 11.6 Å². The summed E-state index contributed by atoms with van der Waals surface area (Å²) in [6.07, 6.45) is -5.41. The third-order valence-electron chi connectivity index (χ3n) is 2.15. The summed E-state index contributed by atoms with van der Waals surface area (Å²) in [4.78, 5) is 10.7. The molecule has 0 heterocycles. The molecule has 0 radical (unpaired) electrons. The van der Waals surface area contributed by atoms with Crippen LogP contribution in [0.1, 0.15) is 11.1 Å². The summed E-state index contributed by atoms with van der Waals surface area (Å²) in [5.74, 6) is -1.21.